The van der Waals surface area contributed by atoms with Crippen molar-refractivity contribution in [3.05, 3.63) is 61.8 Å². The minimum Gasteiger partial charge on any atom is -0.425 e. The van der Waals surface area contributed by atoms with Gasteiger partial charge >= 0.3 is 17.2 Å². The van der Waals surface area contributed by atoms with Gasteiger partial charge in [-0.1, -0.05) is 56.3 Å². The Kier molecular flexibility index (Phi) is 7.63. The number of thioether (sulfide) groups is 1. The number of para-hydroxylation sites is 1. The van der Waals surface area contributed by atoms with Gasteiger partial charge in [-0.25, -0.2) is 4.90 Å². The quantitative estimate of drug-likeness (QED) is 0.194. The molecule has 1 amide bonds. The molecule has 2 aromatic carbocycles. The van der Waals surface area contributed by atoms with Crippen LogP contribution in [0.4, 0.5) is 5.69 Å². The normalized spacial score (nSPS) is 14.3. The van der Waals surface area contributed by atoms with E-state index in [0.717, 1.165) is 0 Å². The first kappa shape index (κ1) is 25.4. The Balaban J connectivity index is 2.11. The summed E-state index contributed by atoms with van der Waals surface area (Å²) in [6, 6.07) is 10.4. The van der Waals surface area contributed by atoms with Crippen molar-refractivity contribution in [2.75, 3.05) is 10.7 Å². The van der Waals surface area contributed by atoms with Gasteiger partial charge in [0.2, 0.25) is 11.1 Å². The molecular weight excluding hydrogens is 556 g/mol. The van der Waals surface area contributed by atoms with Gasteiger partial charge in [-0.15, -0.1) is 0 Å². The van der Waals surface area contributed by atoms with Crippen molar-refractivity contribution in [1.29, 1.82) is 0 Å². The monoisotopic (exact) mass is 577 g/mol. The molecule has 0 unspecified atom stereocenters. The molecular formula is C24H23BrClN4O4S+. The van der Waals surface area contributed by atoms with E-state index in [1.54, 1.807) is 55.1 Å². The summed E-state index contributed by atoms with van der Waals surface area (Å²) in [5.41, 5.74) is 1.48. The number of nitrogens with zero attached hydrogens (tertiary/aromatic N) is 3. The van der Waals surface area contributed by atoms with Crippen molar-refractivity contribution in [2.24, 2.45) is 0 Å². The third-order valence-electron chi connectivity index (χ3n) is 5.43. The number of fused-ring (bicyclic) bond motifs is 3. The lowest BCUT2D eigenvalue weighted by Crippen LogP contribution is -2.61. The van der Waals surface area contributed by atoms with Crippen LogP contribution in [0.25, 0.3) is 11.3 Å². The predicted octanol–water partition coefficient (Wildman–Crippen LogP) is 4.87. The highest BCUT2D eigenvalue weighted by molar-refractivity contribution is 9.10. The molecule has 1 atom stereocenters. The zero-order valence-electron chi connectivity index (χ0n) is 19.3. The van der Waals surface area contributed by atoms with Crippen LogP contribution in [-0.4, -0.2) is 27.7 Å². The van der Waals surface area contributed by atoms with Gasteiger partial charge in [-0.2, -0.15) is 0 Å². The molecule has 11 heteroatoms. The van der Waals surface area contributed by atoms with Crippen LogP contribution in [-0.2, 0) is 9.59 Å². The maximum absolute atomic E-state index is 13.4. The maximum atomic E-state index is 13.4. The van der Waals surface area contributed by atoms with Crippen LogP contribution in [0, 0.1) is 0 Å². The van der Waals surface area contributed by atoms with Crippen molar-refractivity contribution < 1.29 is 19.0 Å². The van der Waals surface area contributed by atoms with Gasteiger partial charge in [0.1, 0.15) is 0 Å². The van der Waals surface area contributed by atoms with Gasteiger partial charge in [-0.05, 0) is 50.6 Å². The fraction of sp³-hybridized carbons (Fsp3) is 0.292. The first-order valence-corrected chi connectivity index (χ1v) is 13.3. The largest absolute Gasteiger partial charge is 0.425 e. The molecule has 1 aromatic heterocycles. The summed E-state index contributed by atoms with van der Waals surface area (Å²) in [6.07, 6.45) is -0.578. The highest BCUT2D eigenvalue weighted by atomic mass is 79.9. The van der Waals surface area contributed by atoms with E-state index in [-0.39, 0.29) is 35.8 Å². The van der Waals surface area contributed by atoms with E-state index in [9.17, 15) is 14.4 Å². The smallest absolute Gasteiger partial charge is 0.325 e. The van der Waals surface area contributed by atoms with Crippen molar-refractivity contribution >= 4 is 56.9 Å². The average Bonchev–Trinajstić information content (AvgIpc) is 2.84. The molecule has 182 valence electrons. The van der Waals surface area contributed by atoms with E-state index in [2.05, 4.69) is 20.9 Å². The number of esters is 1. The lowest BCUT2D eigenvalue weighted by atomic mass is 10.0. The Bertz CT molecular complexity index is 1380. The number of hydrogen-bond donors (Lipinski definition) is 1. The van der Waals surface area contributed by atoms with Crippen LogP contribution < -0.4 is 19.9 Å². The standard InChI is InChI=1S/C24H22BrClN4O4S/c1-4-18(31)29-17-10-8-7-9-14(17)20-22(33)27-24(35-6-3)28-30(20)23(29)15-11-13(26)12-16(25)21(15)34-19(32)5-2/h7-12,23H,4-6H2,1-3H3/p+1/t23-/m1/s1. The number of carbonyl (C=O) groups is 2. The van der Waals surface area contributed by atoms with Gasteiger partial charge in [0.15, 0.2) is 5.75 Å². The molecule has 8 nitrogen and oxygen atoms in total. The zero-order valence-corrected chi connectivity index (χ0v) is 22.5. The summed E-state index contributed by atoms with van der Waals surface area (Å²) in [6.45, 7) is 5.40. The Labute approximate surface area is 219 Å². The molecule has 0 fully saturated rings. The van der Waals surface area contributed by atoms with Gasteiger partial charge in [0, 0.05) is 23.0 Å². The molecule has 3 aromatic rings. The van der Waals surface area contributed by atoms with E-state index < -0.39 is 12.1 Å². The molecule has 0 bridgehead atoms. The predicted molar refractivity (Wildman–Crippen MR) is 138 cm³/mol. The van der Waals surface area contributed by atoms with E-state index in [0.29, 0.717) is 37.2 Å². The minimum atomic E-state index is -0.930. The number of carbonyl (C=O) groups excluding carboxylic acids is 2. The van der Waals surface area contributed by atoms with E-state index in [4.69, 9.17) is 21.4 Å². The number of H-pyrrole nitrogens is 1. The van der Waals surface area contributed by atoms with Crippen LogP contribution >= 0.6 is 39.3 Å². The maximum Gasteiger partial charge on any atom is 0.325 e. The molecule has 4 rings (SSSR count). The van der Waals surface area contributed by atoms with Gasteiger partial charge in [-0.3, -0.25) is 19.4 Å². The van der Waals surface area contributed by atoms with Crippen LogP contribution in [0.3, 0.4) is 0 Å². The average molecular weight is 579 g/mol. The zero-order chi connectivity index (χ0) is 25.3. The van der Waals surface area contributed by atoms with E-state index in [1.807, 2.05) is 6.92 Å². The number of benzene rings is 2. The summed E-state index contributed by atoms with van der Waals surface area (Å²) in [4.78, 5) is 43.5. The molecule has 1 aliphatic heterocycles. The second-order valence-corrected chi connectivity index (χ2v) is 10.2. The number of ether oxygens (including phenoxy) is 1. The summed E-state index contributed by atoms with van der Waals surface area (Å²) in [5.74, 6) is 0.245. The lowest BCUT2D eigenvalue weighted by molar-refractivity contribution is -0.763. The lowest BCUT2D eigenvalue weighted by Gasteiger charge is -2.32. The molecule has 0 saturated carbocycles. The Morgan fingerprint density at radius 1 is 1.23 bits per heavy atom. The highest BCUT2D eigenvalue weighted by Crippen LogP contribution is 2.43. The molecule has 35 heavy (non-hydrogen) atoms. The Morgan fingerprint density at radius 2 is 1.97 bits per heavy atom. The number of amides is 1. The van der Waals surface area contributed by atoms with Crippen LogP contribution in [0.1, 0.15) is 45.3 Å². The number of aromatic nitrogens is 3. The molecule has 1 aliphatic rings. The van der Waals surface area contributed by atoms with Gasteiger partial charge in [0.05, 0.1) is 21.3 Å². The van der Waals surface area contributed by atoms with Crippen molar-refractivity contribution in [3.8, 4) is 17.0 Å². The van der Waals surface area contributed by atoms with Gasteiger partial charge < -0.3 is 4.74 Å². The third-order valence-corrected chi connectivity index (χ3v) is 6.98. The van der Waals surface area contributed by atoms with Crippen LogP contribution in [0.15, 0.2) is 50.8 Å². The second-order valence-electron chi connectivity index (χ2n) is 7.63. The molecule has 0 spiro atoms. The van der Waals surface area contributed by atoms with Crippen molar-refractivity contribution in [1.82, 2.24) is 10.1 Å². The summed E-state index contributed by atoms with van der Waals surface area (Å²) in [5, 5.41) is 5.49. The van der Waals surface area contributed by atoms with E-state index in [1.165, 1.54) is 16.4 Å². The van der Waals surface area contributed by atoms with Gasteiger partial charge in [0.25, 0.3) is 6.17 Å². The third kappa shape index (κ3) is 4.74. The molecule has 1 N–H and O–H groups in total. The van der Waals surface area contributed by atoms with Crippen LogP contribution in [0.5, 0.6) is 5.75 Å². The summed E-state index contributed by atoms with van der Waals surface area (Å²) < 4.78 is 7.66. The number of anilines is 1. The Hall–Kier alpha value is -2.69. The first-order chi connectivity index (χ1) is 16.8. The number of nitrogens with one attached hydrogen (secondary N) is 1. The molecule has 0 aliphatic carbocycles. The summed E-state index contributed by atoms with van der Waals surface area (Å²) in [7, 11) is 0. The molecule has 2 heterocycles. The van der Waals surface area contributed by atoms with E-state index >= 15 is 0 Å². The van der Waals surface area contributed by atoms with Crippen LogP contribution in [0.2, 0.25) is 5.02 Å². The number of hydrogen-bond acceptors (Lipinski definition) is 6. The number of aromatic amines is 1. The topological polar surface area (TPSA) is 96.2 Å². The summed E-state index contributed by atoms with van der Waals surface area (Å²) >= 11 is 11.3. The Morgan fingerprint density at radius 3 is 2.66 bits per heavy atom. The van der Waals surface area contributed by atoms with Crippen molar-refractivity contribution in [2.45, 2.75) is 44.9 Å². The van der Waals surface area contributed by atoms with Crippen molar-refractivity contribution in [3.63, 3.8) is 0 Å². The minimum absolute atomic E-state index is 0.151. The highest BCUT2D eigenvalue weighted by Gasteiger charge is 2.47. The SMILES string of the molecule is CCSc1n[n+]2c(c(=O)[nH]1)-c1ccccc1N(C(=O)CC)[C@H]2c1cc(Cl)cc(Br)c1OC(=O)CC. The molecule has 0 radical (unpaired) electrons. The first-order valence-electron chi connectivity index (χ1n) is 11.1. The number of rotatable bonds is 6. The number of halogens is 2. The fourth-order valence-corrected chi connectivity index (χ4v) is 5.46. The second kappa shape index (κ2) is 10.5. The fourth-order valence-electron chi connectivity index (χ4n) is 3.96. The molecule has 0 saturated heterocycles.